The van der Waals surface area contributed by atoms with Crippen LogP contribution in [0.25, 0.3) is 0 Å². The van der Waals surface area contributed by atoms with Crippen molar-refractivity contribution in [3.8, 4) is 0 Å². The van der Waals surface area contributed by atoms with Gasteiger partial charge in [0.1, 0.15) is 5.82 Å². The summed E-state index contributed by atoms with van der Waals surface area (Å²) in [6.07, 6.45) is 4.61. The lowest BCUT2D eigenvalue weighted by Crippen LogP contribution is -2.50. The molecule has 1 atom stereocenters. The van der Waals surface area contributed by atoms with Crippen molar-refractivity contribution in [2.75, 3.05) is 32.7 Å². The van der Waals surface area contributed by atoms with Gasteiger partial charge < -0.3 is 15.2 Å². The normalized spacial score (nSPS) is 18.2. The molecule has 0 aliphatic carbocycles. The van der Waals surface area contributed by atoms with Crippen molar-refractivity contribution < 1.29 is 4.79 Å². The number of benzene rings is 1. The molecule has 1 aromatic heterocycles. The summed E-state index contributed by atoms with van der Waals surface area (Å²) in [6, 6.07) is 8.84. The Hall–Kier alpha value is -2.18. The number of piperazine rings is 1. The van der Waals surface area contributed by atoms with E-state index in [0.717, 1.165) is 31.9 Å². The van der Waals surface area contributed by atoms with Crippen LogP contribution in [0.3, 0.4) is 0 Å². The van der Waals surface area contributed by atoms with Crippen molar-refractivity contribution in [3.63, 3.8) is 0 Å². The van der Waals surface area contributed by atoms with Crippen molar-refractivity contribution in [1.82, 2.24) is 25.1 Å². The first-order chi connectivity index (χ1) is 13.3. The number of amides is 1. The molecule has 3 rings (SSSR count). The fourth-order valence-electron chi connectivity index (χ4n) is 3.65. The lowest BCUT2D eigenvalue weighted by molar-refractivity contribution is -0.123. The maximum absolute atomic E-state index is 12.5. The molecule has 0 spiro atoms. The van der Waals surface area contributed by atoms with Crippen LogP contribution >= 0.6 is 0 Å². The molecular weight excluding hydrogens is 350 g/mol. The predicted molar refractivity (Wildman–Crippen MR) is 112 cm³/mol. The van der Waals surface area contributed by atoms with E-state index in [2.05, 4.69) is 65.6 Å². The highest BCUT2D eigenvalue weighted by molar-refractivity contribution is 5.78. The number of aromatic nitrogens is 2. The second kappa shape index (κ2) is 8.88. The van der Waals surface area contributed by atoms with E-state index in [0.29, 0.717) is 13.1 Å². The largest absolute Gasteiger partial charge is 0.355 e. The first-order valence-corrected chi connectivity index (χ1v) is 10.1. The topological polar surface area (TPSA) is 62.2 Å². The molecule has 2 aromatic rings. The number of carbonyl (C=O) groups is 1. The minimum absolute atomic E-state index is 0.0763. The number of rotatable bonds is 6. The number of nitrogens with one attached hydrogen (secondary N) is 2. The van der Waals surface area contributed by atoms with E-state index in [9.17, 15) is 4.79 Å². The minimum atomic E-state index is 0.0763. The van der Waals surface area contributed by atoms with Gasteiger partial charge in [-0.25, -0.2) is 4.98 Å². The van der Waals surface area contributed by atoms with Crippen LogP contribution in [-0.4, -0.2) is 53.1 Å². The number of nitrogens with zero attached hydrogens (tertiary/aromatic N) is 3. The van der Waals surface area contributed by atoms with Crippen LogP contribution in [0.4, 0.5) is 0 Å². The van der Waals surface area contributed by atoms with Gasteiger partial charge in [-0.1, -0.05) is 45.0 Å². The maximum atomic E-state index is 12.5. The average molecular weight is 384 g/mol. The van der Waals surface area contributed by atoms with E-state index in [1.807, 2.05) is 24.0 Å². The fourth-order valence-corrected chi connectivity index (χ4v) is 3.65. The Bertz CT molecular complexity index is 775. The molecule has 1 aromatic carbocycles. The van der Waals surface area contributed by atoms with Gasteiger partial charge in [0.15, 0.2) is 0 Å². The second-order valence-electron chi connectivity index (χ2n) is 8.63. The van der Waals surface area contributed by atoms with Crippen molar-refractivity contribution in [3.05, 3.63) is 53.6 Å². The summed E-state index contributed by atoms with van der Waals surface area (Å²) >= 11 is 0. The molecule has 2 heterocycles. The van der Waals surface area contributed by atoms with Gasteiger partial charge >= 0.3 is 0 Å². The summed E-state index contributed by atoms with van der Waals surface area (Å²) in [5.41, 5.74) is 2.75. The van der Waals surface area contributed by atoms with Crippen molar-refractivity contribution in [2.24, 2.45) is 7.05 Å². The van der Waals surface area contributed by atoms with E-state index in [-0.39, 0.29) is 17.4 Å². The number of aryl methyl sites for hydroxylation is 1. The SMILES string of the molecule is Cn1ccnc1C1CNCCN1CC(=O)NCCc1ccc(C(C)(C)C)cc1. The van der Waals surface area contributed by atoms with Crippen molar-refractivity contribution in [1.29, 1.82) is 0 Å². The molecule has 0 saturated carbocycles. The summed E-state index contributed by atoms with van der Waals surface area (Å²) in [5, 5.41) is 6.48. The van der Waals surface area contributed by atoms with Gasteiger partial charge in [-0.2, -0.15) is 0 Å². The summed E-state index contributed by atoms with van der Waals surface area (Å²) < 4.78 is 2.03. The van der Waals surface area contributed by atoms with Gasteiger partial charge in [0.05, 0.1) is 12.6 Å². The first kappa shape index (κ1) is 20.6. The maximum Gasteiger partial charge on any atom is 0.234 e. The Morgan fingerprint density at radius 2 is 2.04 bits per heavy atom. The molecule has 1 aliphatic heterocycles. The molecular formula is C22H33N5O. The molecule has 6 nitrogen and oxygen atoms in total. The smallest absolute Gasteiger partial charge is 0.234 e. The van der Waals surface area contributed by atoms with Crippen LogP contribution in [-0.2, 0) is 23.7 Å². The Labute approximate surface area is 168 Å². The Kier molecular flexibility index (Phi) is 6.52. The van der Waals surface area contributed by atoms with Crippen LogP contribution in [0.15, 0.2) is 36.7 Å². The lowest BCUT2D eigenvalue weighted by atomic mass is 9.86. The van der Waals surface area contributed by atoms with Gasteiger partial charge in [0, 0.05) is 45.6 Å². The molecule has 2 N–H and O–H groups in total. The number of carbonyl (C=O) groups excluding carboxylic acids is 1. The molecule has 0 bridgehead atoms. The Balaban J connectivity index is 1.49. The van der Waals surface area contributed by atoms with E-state index in [1.165, 1.54) is 11.1 Å². The number of hydrogen-bond donors (Lipinski definition) is 2. The lowest BCUT2D eigenvalue weighted by Gasteiger charge is -2.35. The summed E-state index contributed by atoms with van der Waals surface area (Å²) in [7, 11) is 2.00. The highest BCUT2D eigenvalue weighted by atomic mass is 16.2. The van der Waals surface area contributed by atoms with E-state index >= 15 is 0 Å². The highest BCUT2D eigenvalue weighted by Gasteiger charge is 2.28. The quantitative estimate of drug-likeness (QED) is 0.801. The van der Waals surface area contributed by atoms with Gasteiger partial charge in [-0.15, -0.1) is 0 Å². The molecule has 1 unspecified atom stereocenters. The van der Waals surface area contributed by atoms with Gasteiger partial charge in [0.25, 0.3) is 0 Å². The van der Waals surface area contributed by atoms with Crippen LogP contribution in [0.1, 0.15) is 43.8 Å². The molecule has 0 radical (unpaired) electrons. The van der Waals surface area contributed by atoms with E-state index < -0.39 is 0 Å². The summed E-state index contributed by atoms with van der Waals surface area (Å²) in [6.45, 7) is 10.3. The molecule has 1 saturated heterocycles. The average Bonchev–Trinajstić information content (AvgIpc) is 3.08. The molecule has 152 valence electrons. The zero-order valence-electron chi connectivity index (χ0n) is 17.5. The molecule has 1 amide bonds. The zero-order valence-corrected chi connectivity index (χ0v) is 17.5. The molecule has 1 fully saturated rings. The monoisotopic (exact) mass is 383 g/mol. The minimum Gasteiger partial charge on any atom is -0.355 e. The Morgan fingerprint density at radius 1 is 1.29 bits per heavy atom. The summed E-state index contributed by atoms with van der Waals surface area (Å²) in [4.78, 5) is 19.2. The zero-order chi connectivity index (χ0) is 20.1. The summed E-state index contributed by atoms with van der Waals surface area (Å²) in [5.74, 6) is 1.08. The third-order valence-electron chi connectivity index (χ3n) is 5.41. The van der Waals surface area contributed by atoms with Crippen LogP contribution < -0.4 is 10.6 Å². The number of imidazole rings is 1. The van der Waals surface area contributed by atoms with Crippen molar-refractivity contribution >= 4 is 5.91 Å². The third-order valence-corrected chi connectivity index (χ3v) is 5.41. The van der Waals surface area contributed by atoms with E-state index in [1.54, 1.807) is 0 Å². The highest BCUT2D eigenvalue weighted by Crippen LogP contribution is 2.22. The second-order valence-corrected chi connectivity index (χ2v) is 8.63. The fraction of sp³-hybridized carbons (Fsp3) is 0.545. The third kappa shape index (κ3) is 5.20. The van der Waals surface area contributed by atoms with E-state index in [4.69, 9.17) is 0 Å². The van der Waals surface area contributed by atoms with Crippen LogP contribution in [0, 0.1) is 0 Å². The molecule has 1 aliphatic rings. The van der Waals surface area contributed by atoms with Crippen LogP contribution in [0.2, 0.25) is 0 Å². The molecule has 6 heteroatoms. The van der Waals surface area contributed by atoms with Gasteiger partial charge in [0.2, 0.25) is 5.91 Å². The van der Waals surface area contributed by atoms with Crippen LogP contribution in [0.5, 0.6) is 0 Å². The standard InChI is InChI=1S/C22H33N5O/c1-22(2,3)18-7-5-17(6-8-18)9-10-24-20(28)16-27-14-11-23-15-19(27)21-25-12-13-26(21)4/h5-8,12-13,19,23H,9-11,14-16H2,1-4H3,(H,24,28). The van der Waals surface area contributed by atoms with Gasteiger partial charge in [-0.3, -0.25) is 9.69 Å². The Morgan fingerprint density at radius 3 is 2.68 bits per heavy atom. The number of hydrogen-bond acceptors (Lipinski definition) is 4. The predicted octanol–water partition coefficient (Wildman–Crippen LogP) is 2.02. The first-order valence-electron chi connectivity index (χ1n) is 10.1. The molecule has 28 heavy (non-hydrogen) atoms. The van der Waals surface area contributed by atoms with Gasteiger partial charge in [-0.05, 0) is 23.0 Å². The van der Waals surface area contributed by atoms with Crippen molar-refractivity contribution in [2.45, 2.75) is 38.6 Å².